The van der Waals surface area contributed by atoms with Crippen molar-refractivity contribution in [3.8, 4) is 17.2 Å². The zero-order chi connectivity index (χ0) is 25.1. The predicted octanol–water partition coefficient (Wildman–Crippen LogP) is 4.00. The highest BCUT2D eigenvalue weighted by atomic mass is 16.5. The number of hydrogen-bond donors (Lipinski definition) is 3. The van der Waals surface area contributed by atoms with Crippen LogP contribution in [0.5, 0.6) is 17.2 Å². The van der Waals surface area contributed by atoms with E-state index in [1.54, 1.807) is 23.6 Å². The molecule has 0 saturated heterocycles. The number of carbonyl (C=O) groups excluding carboxylic acids is 1. The van der Waals surface area contributed by atoms with Crippen molar-refractivity contribution < 1.29 is 24.5 Å². The smallest absolute Gasteiger partial charge is 0.306 e. The third kappa shape index (κ3) is 4.73. The Labute approximate surface area is 202 Å². The number of hydrogen-bond acceptors (Lipinski definition) is 6. The van der Waals surface area contributed by atoms with Crippen molar-refractivity contribution in [1.29, 1.82) is 0 Å². The number of ether oxygens (including phenoxy) is 2. The van der Waals surface area contributed by atoms with E-state index >= 15 is 0 Å². The highest BCUT2D eigenvalue weighted by Gasteiger charge is 2.27. The maximum absolute atomic E-state index is 13.7. The van der Waals surface area contributed by atoms with Gasteiger partial charge in [0.15, 0.2) is 11.5 Å². The quantitative estimate of drug-likeness (QED) is 0.331. The van der Waals surface area contributed by atoms with E-state index in [0.29, 0.717) is 24.2 Å². The summed E-state index contributed by atoms with van der Waals surface area (Å²) in [5, 5.41) is 21.9. The second kappa shape index (κ2) is 9.97. The summed E-state index contributed by atoms with van der Waals surface area (Å²) in [6, 6.07) is 14.1. The number of aromatic hydroxyl groups is 2. The summed E-state index contributed by atoms with van der Waals surface area (Å²) >= 11 is 0. The fourth-order valence-electron chi connectivity index (χ4n) is 4.49. The average molecular weight is 477 g/mol. The molecule has 1 unspecified atom stereocenters. The van der Waals surface area contributed by atoms with Crippen molar-refractivity contribution >= 4 is 16.9 Å². The maximum Gasteiger partial charge on any atom is 0.306 e. The van der Waals surface area contributed by atoms with Crippen LogP contribution in [0.4, 0.5) is 0 Å². The summed E-state index contributed by atoms with van der Waals surface area (Å²) < 4.78 is 11.7. The SMILES string of the molecule is COC(=O)CC(c1ccc(O)c(OC)c1)c1c(O)cc(C)n(CCc2c[nH]c3ccccc23)c1=O. The molecular formula is C27H28N2O6. The molecule has 0 radical (unpaired) electrons. The molecule has 0 bridgehead atoms. The molecule has 4 rings (SSSR count). The molecule has 35 heavy (non-hydrogen) atoms. The predicted molar refractivity (Wildman–Crippen MR) is 132 cm³/mol. The van der Waals surface area contributed by atoms with Crippen LogP contribution in [0.1, 0.15) is 34.7 Å². The lowest BCUT2D eigenvalue weighted by Crippen LogP contribution is -2.29. The molecule has 0 aliphatic carbocycles. The summed E-state index contributed by atoms with van der Waals surface area (Å²) in [6.07, 6.45) is 2.37. The van der Waals surface area contributed by atoms with Gasteiger partial charge in [0.05, 0.1) is 26.2 Å². The lowest BCUT2D eigenvalue weighted by Gasteiger charge is -2.21. The zero-order valence-electron chi connectivity index (χ0n) is 19.9. The summed E-state index contributed by atoms with van der Waals surface area (Å²) in [6.45, 7) is 2.16. The Bertz CT molecular complexity index is 1440. The first-order chi connectivity index (χ1) is 16.8. The first-order valence-corrected chi connectivity index (χ1v) is 11.3. The molecule has 2 heterocycles. The second-order valence-electron chi connectivity index (χ2n) is 8.42. The molecule has 4 aromatic rings. The number of fused-ring (bicyclic) bond motifs is 1. The lowest BCUT2D eigenvalue weighted by atomic mass is 9.88. The number of phenols is 1. The minimum absolute atomic E-state index is 0.0719. The van der Waals surface area contributed by atoms with Crippen LogP contribution in [0.25, 0.3) is 10.9 Å². The van der Waals surface area contributed by atoms with Gasteiger partial charge in [0.25, 0.3) is 5.56 Å². The molecule has 3 N–H and O–H groups in total. The van der Waals surface area contributed by atoms with Crippen LogP contribution in [0.2, 0.25) is 0 Å². The number of benzene rings is 2. The molecular weight excluding hydrogens is 448 g/mol. The normalized spacial score (nSPS) is 12.0. The number of nitrogens with zero attached hydrogens (tertiary/aromatic N) is 1. The minimum Gasteiger partial charge on any atom is -0.507 e. The molecule has 0 amide bonds. The number of rotatable bonds is 8. The van der Waals surface area contributed by atoms with Crippen LogP contribution in [-0.2, 0) is 22.5 Å². The van der Waals surface area contributed by atoms with Crippen molar-refractivity contribution in [2.75, 3.05) is 14.2 Å². The Balaban J connectivity index is 1.77. The number of methoxy groups -OCH3 is 2. The van der Waals surface area contributed by atoms with Crippen molar-refractivity contribution in [3.63, 3.8) is 0 Å². The molecule has 182 valence electrons. The standard InChI is InChI=1S/C27H28N2O6/c1-16-12-23(31)26(20(14-25(32)35-3)17-8-9-22(30)24(13-17)34-2)27(33)29(16)11-10-18-15-28-21-7-5-4-6-19(18)21/h4-9,12-13,15,20,28,30-31H,10-11,14H2,1-3H3. The number of para-hydroxylation sites is 1. The van der Waals surface area contributed by atoms with E-state index in [1.165, 1.54) is 26.4 Å². The molecule has 2 aromatic carbocycles. The molecule has 0 aliphatic heterocycles. The molecule has 0 fully saturated rings. The number of aromatic amines is 1. The van der Waals surface area contributed by atoms with E-state index in [9.17, 15) is 19.8 Å². The largest absolute Gasteiger partial charge is 0.507 e. The van der Waals surface area contributed by atoms with Gasteiger partial charge in [0, 0.05) is 35.3 Å². The summed E-state index contributed by atoms with van der Waals surface area (Å²) in [4.78, 5) is 29.2. The third-order valence-corrected chi connectivity index (χ3v) is 6.36. The number of carbonyl (C=O) groups is 1. The average Bonchev–Trinajstić information content (AvgIpc) is 3.26. The Morgan fingerprint density at radius 1 is 1.09 bits per heavy atom. The van der Waals surface area contributed by atoms with Crippen molar-refractivity contribution in [2.45, 2.75) is 32.2 Å². The van der Waals surface area contributed by atoms with E-state index in [1.807, 2.05) is 30.5 Å². The number of H-pyrrole nitrogens is 1. The highest BCUT2D eigenvalue weighted by molar-refractivity contribution is 5.83. The first kappa shape index (κ1) is 23.9. The Hall–Kier alpha value is -4.20. The number of aryl methyl sites for hydroxylation is 2. The summed E-state index contributed by atoms with van der Waals surface area (Å²) in [5.41, 5.74) is 2.95. The maximum atomic E-state index is 13.7. The number of esters is 1. The third-order valence-electron chi connectivity index (χ3n) is 6.36. The van der Waals surface area contributed by atoms with E-state index < -0.39 is 11.9 Å². The minimum atomic E-state index is -0.801. The molecule has 2 aromatic heterocycles. The number of nitrogens with one attached hydrogen (secondary N) is 1. The fraction of sp³-hybridized carbons (Fsp3) is 0.259. The number of pyridine rings is 1. The van der Waals surface area contributed by atoms with E-state index in [0.717, 1.165) is 16.5 Å². The lowest BCUT2D eigenvalue weighted by molar-refractivity contribution is -0.140. The van der Waals surface area contributed by atoms with Gasteiger partial charge in [-0.15, -0.1) is 0 Å². The van der Waals surface area contributed by atoms with Crippen LogP contribution >= 0.6 is 0 Å². The Kier molecular flexibility index (Phi) is 6.82. The highest BCUT2D eigenvalue weighted by Crippen LogP contribution is 2.36. The van der Waals surface area contributed by atoms with Crippen molar-refractivity contribution in [2.24, 2.45) is 0 Å². The number of aromatic nitrogens is 2. The van der Waals surface area contributed by atoms with Gasteiger partial charge in [-0.2, -0.15) is 0 Å². The summed E-state index contributed by atoms with van der Waals surface area (Å²) in [5.74, 6) is -1.41. The van der Waals surface area contributed by atoms with Gasteiger partial charge in [-0.1, -0.05) is 24.3 Å². The van der Waals surface area contributed by atoms with Crippen LogP contribution < -0.4 is 10.3 Å². The molecule has 8 heteroatoms. The van der Waals surface area contributed by atoms with E-state index in [2.05, 4.69) is 4.98 Å². The van der Waals surface area contributed by atoms with Crippen LogP contribution in [-0.4, -0.2) is 40.0 Å². The zero-order valence-corrected chi connectivity index (χ0v) is 19.9. The van der Waals surface area contributed by atoms with Gasteiger partial charge in [0.2, 0.25) is 0 Å². The van der Waals surface area contributed by atoms with Gasteiger partial charge < -0.3 is 29.2 Å². The molecule has 0 spiro atoms. The van der Waals surface area contributed by atoms with Gasteiger partial charge in [-0.05, 0) is 48.7 Å². The topological polar surface area (TPSA) is 114 Å². The van der Waals surface area contributed by atoms with Crippen LogP contribution in [0.3, 0.4) is 0 Å². The first-order valence-electron chi connectivity index (χ1n) is 11.3. The van der Waals surface area contributed by atoms with Gasteiger partial charge in [0.1, 0.15) is 5.75 Å². The second-order valence-corrected chi connectivity index (χ2v) is 8.42. The Morgan fingerprint density at radius 3 is 2.60 bits per heavy atom. The van der Waals surface area contributed by atoms with Gasteiger partial charge >= 0.3 is 5.97 Å². The van der Waals surface area contributed by atoms with Crippen LogP contribution in [0.15, 0.2) is 59.5 Å². The van der Waals surface area contributed by atoms with Gasteiger partial charge in [-0.3, -0.25) is 9.59 Å². The van der Waals surface area contributed by atoms with Crippen molar-refractivity contribution in [3.05, 3.63) is 87.5 Å². The molecule has 8 nitrogen and oxygen atoms in total. The van der Waals surface area contributed by atoms with Gasteiger partial charge in [-0.25, -0.2) is 0 Å². The molecule has 0 saturated carbocycles. The molecule has 1 atom stereocenters. The fourth-order valence-corrected chi connectivity index (χ4v) is 4.49. The van der Waals surface area contributed by atoms with Crippen LogP contribution in [0, 0.1) is 6.92 Å². The molecule has 0 aliphatic rings. The van der Waals surface area contributed by atoms with Crippen molar-refractivity contribution in [1.82, 2.24) is 9.55 Å². The van der Waals surface area contributed by atoms with E-state index in [4.69, 9.17) is 9.47 Å². The monoisotopic (exact) mass is 476 g/mol. The van der Waals surface area contributed by atoms with E-state index in [-0.39, 0.29) is 34.8 Å². The number of phenolic OH excluding ortho intramolecular Hbond substituents is 1. The summed E-state index contributed by atoms with van der Waals surface area (Å²) in [7, 11) is 2.68. The Morgan fingerprint density at radius 2 is 1.86 bits per heavy atom.